The number of nitrogens with one attached hydrogen (secondary N) is 1. The monoisotopic (exact) mass is 321 g/mol. The lowest BCUT2D eigenvalue weighted by Crippen LogP contribution is -2.01. The van der Waals surface area contributed by atoms with Crippen molar-refractivity contribution in [1.29, 1.82) is 0 Å². The molecule has 2 rings (SSSR count). The number of aryl methyl sites for hydroxylation is 1. The van der Waals surface area contributed by atoms with Crippen molar-refractivity contribution in [3.63, 3.8) is 0 Å². The number of rotatable bonds is 4. The fraction of sp³-hybridized carbons (Fsp3) is 0.200. The van der Waals surface area contributed by atoms with Crippen molar-refractivity contribution in [2.45, 2.75) is 13.5 Å². The summed E-state index contributed by atoms with van der Waals surface area (Å²) in [7, 11) is 1.55. The van der Waals surface area contributed by atoms with Gasteiger partial charge in [0.05, 0.1) is 7.11 Å². The van der Waals surface area contributed by atoms with Gasteiger partial charge in [0.25, 0.3) is 0 Å². The molecule has 0 aliphatic carbocycles. The third-order valence-corrected chi connectivity index (χ3v) is 3.42. The van der Waals surface area contributed by atoms with Crippen LogP contribution in [0.4, 0.5) is 5.69 Å². The molecule has 2 aromatic carbocycles. The van der Waals surface area contributed by atoms with E-state index in [-0.39, 0.29) is 5.75 Å². The Morgan fingerprint density at radius 1 is 1.21 bits per heavy atom. The van der Waals surface area contributed by atoms with Crippen LogP contribution in [-0.2, 0) is 6.54 Å². The Bertz CT molecular complexity index is 584. The van der Waals surface area contributed by atoms with Gasteiger partial charge in [-0.3, -0.25) is 0 Å². The highest BCUT2D eigenvalue weighted by atomic mass is 79.9. The molecule has 0 bridgehead atoms. The standard InChI is InChI=1S/C15H16BrNO2/c1-10-3-5-12(16)8-13(10)17-9-11-4-6-14(18)15(7-11)19-2/h3-8,17-18H,9H2,1-2H3. The molecule has 0 saturated carbocycles. The number of ether oxygens (including phenoxy) is 1. The topological polar surface area (TPSA) is 41.5 Å². The van der Waals surface area contributed by atoms with E-state index in [0.717, 1.165) is 15.7 Å². The van der Waals surface area contributed by atoms with Gasteiger partial charge in [-0.1, -0.05) is 28.1 Å². The van der Waals surface area contributed by atoms with Crippen LogP contribution in [0.3, 0.4) is 0 Å². The summed E-state index contributed by atoms with van der Waals surface area (Å²) < 4.78 is 6.14. The number of halogens is 1. The molecule has 2 N–H and O–H groups in total. The molecule has 0 unspecified atom stereocenters. The van der Waals surface area contributed by atoms with Gasteiger partial charge >= 0.3 is 0 Å². The van der Waals surface area contributed by atoms with E-state index in [4.69, 9.17) is 4.74 Å². The van der Waals surface area contributed by atoms with Gasteiger partial charge in [0, 0.05) is 16.7 Å². The van der Waals surface area contributed by atoms with Crippen molar-refractivity contribution in [3.8, 4) is 11.5 Å². The average molecular weight is 322 g/mol. The summed E-state index contributed by atoms with van der Waals surface area (Å²) in [5.41, 5.74) is 3.32. The van der Waals surface area contributed by atoms with Crippen LogP contribution < -0.4 is 10.1 Å². The summed E-state index contributed by atoms with van der Waals surface area (Å²) in [4.78, 5) is 0. The molecular weight excluding hydrogens is 306 g/mol. The van der Waals surface area contributed by atoms with E-state index < -0.39 is 0 Å². The molecular formula is C15H16BrNO2. The largest absolute Gasteiger partial charge is 0.504 e. The van der Waals surface area contributed by atoms with Crippen LogP contribution in [0.25, 0.3) is 0 Å². The van der Waals surface area contributed by atoms with Crippen LogP contribution in [0.15, 0.2) is 40.9 Å². The van der Waals surface area contributed by atoms with Crippen molar-refractivity contribution in [2.75, 3.05) is 12.4 Å². The highest BCUT2D eigenvalue weighted by Gasteiger charge is 2.04. The lowest BCUT2D eigenvalue weighted by atomic mass is 10.1. The summed E-state index contributed by atoms with van der Waals surface area (Å²) in [6, 6.07) is 11.5. The van der Waals surface area contributed by atoms with E-state index in [1.807, 2.05) is 24.3 Å². The summed E-state index contributed by atoms with van der Waals surface area (Å²) in [6.07, 6.45) is 0. The second-order valence-corrected chi connectivity index (χ2v) is 5.23. The van der Waals surface area contributed by atoms with E-state index in [1.165, 1.54) is 5.56 Å². The van der Waals surface area contributed by atoms with Crippen molar-refractivity contribution in [3.05, 3.63) is 52.0 Å². The van der Waals surface area contributed by atoms with Gasteiger partial charge in [-0.15, -0.1) is 0 Å². The lowest BCUT2D eigenvalue weighted by molar-refractivity contribution is 0.373. The molecule has 0 aliphatic rings. The Balaban J connectivity index is 2.12. The van der Waals surface area contributed by atoms with Crippen LogP contribution in [0.2, 0.25) is 0 Å². The van der Waals surface area contributed by atoms with Crippen LogP contribution in [-0.4, -0.2) is 12.2 Å². The second kappa shape index (κ2) is 5.97. The van der Waals surface area contributed by atoms with Gasteiger partial charge in [0.1, 0.15) is 0 Å². The number of hydrogen-bond donors (Lipinski definition) is 2. The Morgan fingerprint density at radius 2 is 2.00 bits per heavy atom. The fourth-order valence-electron chi connectivity index (χ4n) is 1.81. The molecule has 0 amide bonds. The predicted octanol–water partition coefficient (Wildman–Crippen LogP) is 4.08. The summed E-state index contributed by atoms with van der Waals surface area (Å²) in [5.74, 6) is 0.648. The molecule has 0 spiro atoms. The Labute approximate surface area is 121 Å². The first-order valence-electron chi connectivity index (χ1n) is 5.96. The second-order valence-electron chi connectivity index (χ2n) is 4.32. The van der Waals surface area contributed by atoms with E-state index in [1.54, 1.807) is 13.2 Å². The maximum Gasteiger partial charge on any atom is 0.160 e. The van der Waals surface area contributed by atoms with Crippen molar-refractivity contribution >= 4 is 21.6 Å². The molecule has 0 radical (unpaired) electrons. The molecule has 0 saturated heterocycles. The lowest BCUT2D eigenvalue weighted by Gasteiger charge is -2.11. The van der Waals surface area contributed by atoms with Crippen molar-refractivity contribution in [2.24, 2.45) is 0 Å². The molecule has 4 heteroatoms. The smallest absolute Gasteiger partial charge is 0.160 e. The minimum atomic E-state index is 0.157. The van der Waals surface area contributed by atoms with E-state index in [9.17, 15) is 5.11 Å². The zero-order valence-corrected chi connectivity index (χ0v) is 12.5. The highest BCUT2D eigenvalue weighted by Crippen LogP contribution is 2.27. The number of anilines is 1. The number of methoxy groups -OCH3 is 1. The quantitative estimate of drug-likeness (QED) is 0.891. The number of phenolic OH excluding ortho intramolecular Hbond substituents is 1. The maximum absolute atomic E-state index is 9.55. The minimum absolute atomic E-state index is 0.157. The third kappa shape index (κ3) is 3.41. The Kier molecular flexibility index (Phi) is 4.32. The van der Waals surface area contributed by atoms with Crippen molar-refractivity contribution in [1.82, 2.24) is 0 Å². The van der Waals surface area contributed by atoms with Crippen molar-refractivity contribution < 1.29 is 9.84 Å². The van der Waals surface area contributed by atoms with E-state index in [0.29, 0.717) is 12.3 Å². The van der Waals surface area contributed by atoms with Crippen LogP contribution >= 0.6 is 15.9 Å². The zero-order valence-electron chi connectivity index (χ0n) is 10.9. The summed E-state index contributed by atoms with van der Waals surface area (Å²) in [5, 5.41) is 12.9. The number of benzene rings is 2. The molecule has 2 aromatic rings. The number of hydrogen-bond acceptors (Lipinski definition) is 3. The number of phenols is 1. The first-order valence-corrected chi connectivity index (χ1v) is 6.75. The van der Waals surface area contributed by atoms with Crippen LogP contribution in [0.1, 0.15) is 11.1 Å². The first-order chi connectivity index (χ1) is 9.10. The normalized spacial score (nSPS) is 10.3. The predicted molar refractivity (Wildman–Crippen MR) is 80.9 cm³/mol. The van der Waals surface area contributed by atoms with Gasteiger partial charge in [-0.05, 0) is 42.3 Å². The van der Waals surface area contributed by atoms with E-state index >= 15 is 0 Å². The Morgan fingerprint density at radius 3 is 2.74 bits per heavy atom. The maximum atomic E-state index is 9.55. The summed E-state index contributed by atoms with van der Waals surface area (Å²) >= 11 is 3.46. The molecule has 100 valence electrons. The molecule has 0 fully saturated rings. The molecule has 3 nitrogen and oxygen atoms in total. The van der Waals surface area contributed by atoms with Gasteiger partial charge < -0.3 is 15.2 Å². The molecule has 19 heavy (non-hydrogen) atoms. The molecule has 0 aromatic heterocycles. The fourth-order valence-corrected chi connectivity index (χ4v) is 2.18. The van der Waals surface area contributed by atoms with Gasteiger partial charge in [-0.25, -0.2) is 0 Å². The zero-order chi connectivity index (χ0) is 13.8. The average Bonchev–Trinajstić information content (AvgIpc) is 2.41. The Hall–Kier alpha value is -1.68. The van der Waals surface area contributed by atoms with Gasteiger partial charge in [-0.2, -0.15) is 0 Å². The molecule has 0 atom stereocenters. The van der Waals surface area contributed by atoms with Crippen LogP contribution in [0, 0.1) is 6.92 Å². The van der Waals surface area contributed by atoms with Gasteiger partial charge in [0.15, 0.2) is 11.5 Å². The number of aromatic hydroxyl groups is 1. The van der Waals surface area contributed by atoms with E-state index in [2.05, 4.69) is 34.2 Å². The molecule has 0 aliphatic heterocycles. The van der Waals surface area contributed by atoms with Gasteiger partial charge in [0.2, 0.25) is 0 Å². The van der Waals surface area contributed by atoms with Crippen LogP contribution in [0.5, 0.6) is 11.5 Å². The highest BCUT2D eigenvalue weighted by molar-refractivity contribution is 9.10. The SMILES string of the molecule is COc1cc(CNc2cc(Br)ccc2C)ccc1O. The summed E-state index contributed by atoms with van der Waals surface area (Å²) in [6.45, 7) is 2.74. The minimum Gasteiger partial charge on any atom is -0.504 e. The molecule has 0 heterocycles. The first kappa shape index (κ1) is 13.7. The third-order valence-electron chi connectivity index (χ3n) is 2.93.